The highest BCUT2D eigenvalue weighted by molar-refractivity contribution is 6.00. The maximum Gasteiger partial charge on any atom is 0.228 e. The smallest absolute Gasteiger partial charge is 0.228 e. The number of benzene rings is 1. The summed E-state index contributed by atoms with van der Waals surface area (Å²) in [7, 11) is 0. The van der Waals surface area contributed by atoms with Crippen LogP contribution < -0.4 is 4.90 Å². The van der Waals surface area contributed by atoms with Crippen molar-refractivity contribution in [3.63, 3.8) is 0 Å². The van der Waals surface area contributed by atoms with Gasteiger partial charge in [0.15, 0.2) is 0 Å². The molecule has 2 aliphatic rings. The molecule has 0 N–H and O–H groups in total. The third kappa shape index (κ3) is 3.87. The Bertz CT molecular complexity index is 623. The van der Waals surface area contributed by atoms with Crippen LogP contribution in [-0.4, -0.2) is 60.9 Å². The molecule has 1 unspecified atom stereocenters. The van der Waals surface area contributed by atoms with Gasteiger partial charge in [-0.15, -0.1) is 0 Å². The summed E-state index contributed by atoms with van der Waals surface area (Å²) in [5.41, 5.74) is 2.13. The van der Waals surface area contributed by atoms with Crippen molar-refractivity contribution in [2.24, 2.45) is 5.92 Å². The zero-order chi connectivity index (χ0) is 17.8. The van der Waals surface area contributed by atoms with E-state index in [-0.39, 0.29) is 17.7 Å². The summed E-state index contributed by atoms with van der Waals surface area (Å²) in [4.78, 5) is 31.6. The summed E-state index contributed by atoms with van der Waals surface area (Å²) in [6.45, 7) is 9.37. The Kier molecular flexibility index (Phi) is 5.74. The second kappa shape index (κ2) is 8.00. The number of hydrogen-bond acceptors (Lipinski definition) is 3. The molecular formula is C20H29N3O2. The molecule has 1 atom stereocenters. The standard InChI is InChI=1S/C20H29N3O2/c1-3-9-21-10-12-22(13-11-21)20(25)17-14-19(24)23(15-17)18-8-6-5-7-16(18)4-2/h5-8,17H,3-4,9-15H2,1-2H3. The summed E-state index contributed by atoms with van der Waals surface area (Å²) in [5, 5.41) is 0. The van der Waals surface area contributed by atoms with Crippen LogP contribution in [0, 0.1) is 5.92 Å². The molecule has 0 aliphatic carbocycles. The minimum absolute atomic E-state index is 0.0730. The lowest BCUT2D eigenvalue weighted by Gasteiger charge is -2.35. The molecule has 5 heteroatoms. The Labute approximate surface area is 150 Å². The number of anilines is 1. The molecule has 0 bridgehead atoms. The first-order valence-electron chi connectivity index (χ1n) is 9.53. The number of para-hydroxylation sites is 1. The van der Waals surface area contributed by atoms with Crippen molar-refractivity contribution in [2.45, 2.75) is 33.1 Å². The van der Waals surface area contributed by atoms with E-state index in [2.05, 4.69) is 24.8 Å². The number of hydrogen-bond donors (Lipinski definition) is 0. The fourth-order valence-electron chi connectivity index (χ4n) is 3.95. The maximum atomic E-state index is 12.9. The van der Waals surface area contributed by atoms with Crippen LogP contribution in [0.4, 0.5) is 5.69 Å². The van der Waals surface area contributed by atoms with Gasteiger partial charge in [0.2, 0.25) is 11.8 Å². The highest BCUT2D eigenvalue weighted by Crippen LogP contribution is 2.29. The van der Waals surface area contributed by atoms with Crippen LogP contribution in [0.5, 0.6) is 0 Å². The minimum atomic E-state index is -0.199. The number of carbonyl (C=O) groups is 2. The van der Waals surface area contributed by atoms with Crippen molar-refractivity contribution in [3.05, 3.63) is 29.8 Å². The fourth-order valence-corrected chi connectivity index (χ4v) is 3.95. The number of aryl methyl sites for hydroxylation is 1. The first-order valence-corrected chi connectivity index (χ1v) is 9.53. The zero-order valence-electron chi connectivity index (χ0n) is 15.4. The van der Waals surface area contributed by atoms with Crippen LogP contribution >= 0.6 is 0 Å². The zero-order valence-corrected chi connectivity index (χ0v) is 15.4. The predicted octanol–water partition coefficient (Wildman–Crippen LogP) is 2.16. The predicted molar refractivity (Wildman–Crippen MR) is 99.6 cm³/mol. The highest BCUT2D eigenvalue weighted by atomic mass is 16.2. The van der Waals surface area contributed by atoms with Crippen LogP contribution in [0.25, 0.3) is 0 Å². The molecule has 1 aromatic rings. The van der Waals surface area contributed by atoms with E-state index in [4.69, 9.17) is 0 Å². The largest absolute Gasteiger partial charge is 0.340 e. The second-order valence-electron chi connectivity index (χ2n) is 7.05. The van der Waals surface area contributed by atoms with Gasteiger partial charge in [-0.3, -0.25) is 14.5 Å². The average molecular weight is 343 g/mol. The SMILES string of the molecule is CCCN1CCN(C(=O)C2CC(=O)N(c3ccccc3CC)C2)CC1. The lowest BCUT2D eigenvalue weighted by atomic mass is 10.1. The molecule has 0 radical (unpaired) electrons. The van der Waals surface area contributed by atoms with Crippen molar-refractivity contribution < 1.29 is 9.59 Å². The van der Waals surface area contributed by atoms with Gasteiger partial charge in [-0.25, -0.2) is 0 Å². The number of amides is 2. The number of carbonyl (C=O) groups excluding carboxylic acids is 2. The third-order valence-electron chi connectivity index (χ3n) is 5.36. The van der Waals surface area contributed by atoms with Crippen molar-refractivity contribution >= 4 is 17.5 Å². The van der Waals surface area contributed by atoms with Crippen molar-refractivity contribution in [3.8, 4) is 0 Å². The quantitative estimate of drug-likeness (QED) is 0.823. The third-order valence-corrected chi connectivity index (χ3v) is 5.36. The second-order valence-corrected chi connectivity index (χ2v) is 7.05. The van der Waals surface area contributed by atoms with Crippen LogP contribution in [-0.2, 0) is 16.0 Å². The van der Waals surface area contributed by atoms with Crippen LogP contribution in [0.3, 0.4) is 0 Å². The maximum absolute atomic E-state index is 12.9. The molecular weight excluding hydrogens is 314 g/mol. The van der Waals surface area contributed by atoms with Gasteiger partial charge in [-0.2, -0.15) is 0 Å². The molecule has 2 amide bonds. The summed E-state index contributed by atoms with van der Waals surface area (Å²) in [5.74, 6) is 0.0278. The molecule has 0 spiro atoms. The summed E-state index contributed by atoms with van der Waals surface area (Å²) in [6.07, 6.45) is 2.38. The van der Waals surface area contributed by atoms with E-state index in [9.17, 15) is 9.59 Å². The van der Waals surface area contributed by atoms with Crippen molar-refractivity contribution in [1.82, 2.24) is 9.80 Å². The first-order chi connectivity index (χ1) is 12.1. The van der Waals surface area contributed by atoms with E-state index in [1.807, 2.05) is 28.0 Å². The normalized spacial score (nSPS) is 21.8. The monoisotopic (exact) mass is 343 g/mol. The summed E-state index contributed by atoms with van der Waals surface area (Å²) >= 11 is 0. The Morgan fingerprint density at radius 1 is 1.12 bits per heavy atom. The molecule has 0 aromatic heterocycles. The molecule has 2 fully saturated rings. The number of piperazine rings is 1. The van der Waals surface area contributed by atoms with E-state index in [1.165, 1.54) is 0 Å². The number of rotatable bonds is 5. The van der Waals surface area contributed by atoms with E-state index in [1.54, 1.807) is 0 Å². The Hall–Kier alpha value is -1.88. The molecule has 25 heavy (non-hydrogen) atoms. The Morgan fingerprint density at radius 2 is 1.84 bits per heavy atom. The summed E-state index contributed by atoms with van der Waals surface area (Å²) in [6, 6.07) is 8.02. The van der Waals surface area contributed by atoms with E-state index in [0.717, 1.165) is 56.8 Å². The minimum Gasteiger partial charge on any atom is -0.340 e. The van der Waals surface area contributed by atoms with Crippen LogP contribution in [0.1, 0.15) is 32.3 Å². The van der Waals surface area contributed by atoms with Crippen molar-refractivity contribution in [2.75, 3.05) is 44.2 Å². The highest BCUT2D eigenvalue weighted by Gasteiger charge is 2.38. The molecule has 3 rings (SSSR count). The van der Waals surface area contributed by atoms with Crippen molar-refractivity contribution in [1.29, 1.82) is 0 Å². The molecule has 2 heterocycles. The number of nitrogens with zero attached hydrogens (tertiary/aromatic N) is 3. The molecule has 2 saturated heterocycles. The lowest BCUT2D eigenvalue weighted by molar-refractivity contribution is -0.137. The van der Waals surface area contributed by atoms with Gasteiger partial charge in [0.1, 0.15) is 0 Å². The van der Waals surface area contributed by atoms with Gasteiger partial charge in [-0.05, 0) is 31.0 Å². The van der Waals surface area contributed by atoms with Gasteiger partial charge in [0.05, 0.1) is 5.92 Å². The van der Waals surface area contributed by atoms with Gasteiger partial charge in [0.25, 0.3) is 0 Å². The topological polar surface area (TPSA) is 43.9 Å². The van der Waals surface area contributed by atoms with Gasteiger partial charge >= 0.3 is 0 Å². The Balaban J connectivity index is 1.63. The van der Waals surface area contributed by atoms with Crippen LogP contribution in [0.15, 0.2) is 24.3 Å². The van der Waals surface area contributed by atoms with Gasteiger partial charge < -0.3 is 9.80 Å². The molecule has 2 aliphatic heterocycles. The van der Waals surface area contributed by atoms with E-state index in [0.29, 0.717) is 13.0 Å². The van der Waals surface area contributed by atoms with Crippen LogP contribution in [0.2, 0.25) is 0 Å². The molecule has 136 valence electrons. The first kappa shape index (κ1) is 17.9. The molecule has 0 saturated carbocycles. The average Bonchev–Trinajstić information content (AvgIpc) is 3.03. The lowest BCUT2D eigenvalue weighted by Crippen LogP contribution is -2.50. The van der Waals surface area contributed by atoms with E-state index < -0.39 is 0 Å². The summed E-state index contributed by atoms with van der Waals surface area (Å²) < 4.78 is 0. The van der Waals surface area contributed by atoms with E-state index >= 15 is 0 Å². The molecule has 5 nitrogen and oxygen atoms in total. The molecule has 1 aromatic carbocycles. The fraction of sp³-hybridized carbons (Fsp3) is 0.600. The van der Waals surface area contributed by atoms with Gasteiger partial charge in [-0.1, -0.05) is 32.0 Å². The van der Waals surface area contributed by atoms with Gasteiger partial charge in [0, 0.05) is 44.8 Å². The Morgan fingerprint density at radius 3 is 2.52 bits per heavy atom.